The van der Waals surface area contributed by atoms with Gasteiger partial charge in [0.1, 0.15) is 5.60 Å². The molecule has 0 aliphatic heterocycles. The van der Waals surface area contributed by atoms with Gasteiger partial charge in [-0.1, -0.05) is 12.2 Å². The van der Waals surface area contributed by atoms with Gasteiger partial charge in [0.05, 0.1) is 18.9 Å². The van der Waals surface area contributed by atoms with Crippen LogP contribution in [0.25, 0.3) is 0 Å². The normalized spacial score (nSPS) is 59.8. The van der Waals surface area contributed by atoms with E-state index in [1.54, 1.807) is 0 Å². The number of allylic oxidation sites excluding steroid dienone is 2. The molecule has 0 saturated heterocycles. The lowest BCUT2D eigenvalue weighted by atomic mass is 9.53. The van der Waals surface area contributed by atoms with Gasteiger partial charge in [0.25, 0.3) is 0 Å². The Hall–Kier alpha value is -1.32. The van der Waals surface area contributed by atoms with Gasteiger partial charge in [0.2, 0.25) is 0 Å². The Labute approximate surface area is 197 Å². The molecule has 178 valence electrons. The number of hydrogen-bond donors (Lipinski definition) is 0. The summed E-state index contributed by atoms with van der Waals surface area (Å²) in [5.74, 6) is 10.0. The molecule has 0 aromatic rings. The SMILES string of the molecule is COC(=O)C1C2CC(C1C(=O)OC(C)(C)C)C1C3CC(C21)C1C2CC(C4C5C=CC(C5)C24)C31. The predicted molar refractivity (Wildman–Crippen MR) is 121 cm³/mol. The van der Waals surface area contributed by atoms with Crippen LogP contribution in [0.15, 0.2) is 12.2 Å². The van der Waals surface area contributed by atoms with E-state index in [1.165, 1.54) is 26.4 Å². The highest BCUT2D eigenvalue weighted by Gasteiger charge is 2.78. The Balaban J connectivity index is 1.14. The van der Waals surface area contributed by atoms with Crippen LogP contribution >= 0.6 is 0 Å². The zero-order valence-corrected chi connectivity index (χ0v) is 20.4. The number of methoxy groups -OCH3 is 1. The van der Waals surface area contributed by atoms with E-state index in [-0.39, 0.29) is 23.8 Å². The first-order valence-electron chi connectivity index (χ1n) is 13.8. The van der Waals surface area contributed by atoms with Crippen molar-refractivity contribution >= 4 is 11.9 Å². The number of carbonyl (C=O) groups excluding carboxylic acids is 2. The monoisotopic (exact) mass is 450 g/mol. The molecule has 8 aliphatic carbocycles. The van der Waals surface area contributed by atoms with Crippen LogP contribution in [0.2, 0.25) is 0 Å². The van der Waals surface area contributed by atoms with Crippen molar-refractivity contribution in [2.75, 3.05) is 7.11 Å². The van der Waals surface area contributed by atoms with Crippen LogP contribution in [0.5, 0.6) is 0 Å². The van der Waals surface area contributed by atoms with E-state index >= 15 is 0 Å². The molecule has 8 bridgehead atoms. The molecule has 0 heterocycles. The van der Waals surface area contributed by atoms with Gasteiger partial charge in [0.15, 0.2) is 0 Å². The number of rotatable bonds is 2. The molecule has 0 amide bonds. The van der Waals surface area contributed by atoms with Crippen molar-refractivity contribution in [3.05, 3.63) is 12.2 Å². The molecule has 16 atom stereocenters. The quantitative estimate of drug-likeness (QED) is 0.351. The standard InChI is InChI=1S/C29H38O4/c1-29(2,3)33-28(31)26-18-10-17(25(26)27(30)32-4)23-15-9-16(24(18)23)22-14-8-13(21(15)22)19-11-5-6-12(7-11)20(14)19/h5-6,11-26H,7-10H2,1-4H3. The van der Waals surface area contributed by atoms with Crippen LogP contribution in [-0.4, -0.2) is 24.6 Å². The largest absolute Gasteiger partial charge is 0.469 e. The fraction of sp³-hybridized carbons (Fsp3) is 0.862. The summed E-state index contributed by atoms with van der Waals surface area (Å²) in [7, 11) is 1.49. The Morgan fingerprint density at radius 3 is 1.55 bits per heavy atom. The first kappa shape index (κ1) is 19.9. The Bertz CT molecular complexity index is 961. The van der Waals surface area contributed by atoms with Crippen molar-refractivity contribution in [1.82, 2.24) is 0 Å². The summed E-state index contributed by atoms with van der Waals surface area (Å²) in [5.41, 5.74) is -0.520. The maximum Gasteiger partial charge on any atom is 0.310 e. The van der Waals surface area contributed by atoms with Crippen LogP contribution < -0.4 is 0 Å². The zero-order valence-electron chi connectivity index (χ0n) is 20.4. The summed E-state index contributed by atoms with van der Waals surface area (Å²) in [6.45, 7) is 5.81. The number of ether oxygens (including phenoxy) is 2. The minimum atomic E-state index is -0.520. The summed E-state index contributed by atoms with van der Waals surface area (Å²) in [4.78, 5) is 26.5. The summed E-state index contributed by atoms with van der Waals surface area (Å²) < 4.78 is 11.2. The molecule has 4 nitrogen and oxygen atoms in total. The average Bonchev–Trinajstić information content (AvgIpc) is 3.59. The Morgan fingerprint density at radius 2 is 1.06 bits per heavy atom. The second-order valence-electron chi connectivity index (χ2n) is 14.2. The molecular weight excluding hydrogens is 412 g/mol. The Kier molecular flexibility index (Phi) is 3.67. The molecule has 8 aliphatic rings. The lowest BCUT2D eigenvalue weighted by Crippen LogP contribution is -2.51. The minimum absolute atomic E-state index is 0.144. The third kappa shape index (κ3) is 2.22. The highest BCUT2D eigenvalue weighted by Crippen LogP contribution is 2.81. The second-order valence-corrected chi connectivity index (χ2v) is 14.2. The number of esters is 2. The second kappa shape index (κ2) is 6.08. The van der Waals surface area contributed by atoms with Crippen LogP contribution in [0.1, 0.15) is 46.5 Å². The van der Waals surface area contributed by atoms with Crippen LogP contribution in [0.4, 0.5) is 0 Å². The number of carbonyl (C=O) groups is 2. The van der Waals surface area contributed by atoms with Gasteiger partial charge in [-0.25, -0.2) is 0 Å². The van der Waals surface area contributed by atoms with E-state index < -0.39 is 5.60 Å². The van der Waals surface area contributed by atoms with Crippen LogP contribution in [0, 0.1) is 94.7 Å². The van der Waals surface area contributed by atoms with Crippen LogP contribution in [-0.2, 0) is 19.1 Å². The summed E-state index contributed by atoms with van der Waals surface area (Å²) in [5, 5.41) is 0. The number of hydrogen-bond acceptors (Lipinski definition) is 4. The molecule has 0 radical (unpaired) electrons. The van der Waals surface area contributed by atoms with Crippen molar-refractivity contribution in [3.8, 4) is 0 Å². The molecule has 16 unspecified atom stereocenters. The third-order valence-electron chi connectivity index (χ3n) is 12.5. The fourth-order valence-corrected chi connectivity index (χ4v) is 12.7. The molecule has 33 heavy (non-hydrogen) atoms. The van der Waals surface area contributed by atoms with Gasteiger partial charge in [-0.05, 0) is 129 Å². The molecule has 7 fully saturated rings. The van der Waals surface area contributed by atoms with Crippen molar-refractivity contribution in [2.45, 2.75) is 52.1 Å². The molecule has 7 saturated carbocycles. The maximum atomic E-state index is 13.4. The minimum Gasteiger partial charge on any atom is -0.469 e. The van der Waals surface area contributed by atoms with E-state index in [0.29, 0.717) is 23.7 Å². The van der Waals surface area contributed by atoms with Gasteiger partial charge in [0, 0.05) is 0 Å². The van der Waals surface area contributed by atoms with Gasteiger partial charge in [-0.15, -0.1) is 0 Å². The zero-order chi connectivity index (χ0) is 22.5. The van der Waals surface area contributed by atoms with Crippen molar-refractivity contribution in [3.63, 3.8) is 0 Å². The van der Waals surface area contributed by atoms with Crippen molar-refractivity contribution < 1.29 is 19.1 Å². The number of fused-ring (bicyclic) bond motifs is 23. The van der Waals surface area contributed by atoms with Gasteiger partial charge in [-0.2, -0.15) is 0 Å². The topological polar surface area (TPSA) is 52.6 Å². The lowest BCUT2D eigenvalue weighted by Gasteiger charge is -2.51. The average molecular weight is 451 g/mol. The first-order valence-corrected chi connectivity index (χ1v) is 13.8. The highest BCUT2D eigenvalue weighted by molar-refractivity contribution is 5.84. The summed E-state index contributed by atoms with van der Waals surface area (Å²) in [6, 6.07) is 0. The summed E-state index contributed by atoms with van der Waals surface area (Å²) in [6.07, 6.45) is 10.5. The third-order valence-corrected chi connectivity index (χ3v) is 12.5. The lowest BCUT2D eigenvalue weighted by molar-refractivity contribution is -0.174. The molecule has 8 rings (SSSR count). The smallest absolute Gasteiger partial charge is 0.310 e. The van der Waals surface area contributed by atoms with Gasteiger partial charge < -0.3 is 9.47 Å². The van der Waals surface area contributed by atoms with E-state index in [1.807, 2.05) is 20.8 Å². The summed E-state index contributed by atoms with van der Waals surface area (Å²) >= 11 is 0. The van der Waals surface area contributed by atoms with Crippen LogP contribution in [0.3, 0.4) is 0 Å². The van der Waals surface area contributed by atoms with Gasteiger partial charge >= 0.3 is 11.9 Å². The molecule has 0 spiro atoms. The predicted octanol–water partition coefficient (Wildman–Crippen LogP) is 4.59. The van der Waals surface area contributed by atoms with E-state index in [9.17, 15) is 9.59 Å². The van der Waals surface area contributed by atoms with E-state index in [4.69, 9.17) is 9.47 Å². The molecule has 0 aromatic heterocycles. The first-order chi connectivity index (χ1) is 15.8. The van der Waals surface area contributed by atoms with E-state index in [0.717, 1.165) is 65.6 Å². The van der Waals surface area contributed by atoms with Crippen molar-refractivity contribution in [1.29, 1.82) is 0 Å². The fourth-order valence-electron chi connectivity index (χ4n) is 12.7. The molecule has 0 N–H and O–H groups in total. The Morgan fingerprint density at radius 1 is 0.636 bits per heavy atom. The maximum absolute atomic E-state index is 13.4. The molecule has 0 aromatic carbocycles. The van der Waals surface area contributed by atoms with Crippen molar-refractivity contribution in [2.24, 2.45) is 94.7 Å². The highest BCUT2D eigenvalue weighted by atomic mass is 16.6. The molecule has 4 heteroatoms. The van der Waals surface area contributed by atoms with Gasteiger partial charge in [-0.3, -0.25) is 9.59 Å². The van der Waals surface area contributed by atoms with E-state index in [2.05, 4.69) is 12.2 Å². The molecular formula is C29H38O4.